The summed E-state index contributed by atoms with van der Waals surface area (Å²) in [4.78, 5) is 0. The van der Waals surface area contributed by atoms with Crippen LogP contribution in [-0.4, -0.2) is 24.4 Å². The van der Waals surface area contributed by atoms with Gasteiger partial charge in [0.1, 0.15) is 5.75 Å². The third kappa shape index (κ3) is 3.63. The minimum atomic E-state index is -0.538. The van der Waals surface area contributed by atoms with Crippen molar-refractivity contribution < 1.29 is 9.84 Å². The molecule has 3 nitrogen and oxygen atoms in total. The predicted octanol–water partition coefficient (Wildman–Crippen LogP) is 2.73. The zero-order valence-electron chi connectivity index (χ0n) is 12.4. The van der Waals surface area contributed by atoms with Gasteiger partial charge in [-0.25, -0.2) is 0 Å². The molecule has 2 atom stereocenters. The van der Waals surface area contributed by atoms with Gasteiger partial charge in [-0.3, -0.25) is 0 Å². The lowest BCUT2D eigenvalue weighted by molar-refractivity contribution is 0.0827. The van der Waals surface area contributed by atoms with Gasteiger partial charge in [-0.05, 0) is 31.0 Å². The van der Waals surface area contributed by atoms with Gasteiger partial charge in [0.25, 0.3) is 0 Å². The van der Waals surface area contributed by atoms with E-state index in [0.29, 0.717) is 19.6 Å². The van der Waals surface area contributed by atoms with Crippen LogP contribution in [0.3, 0.4) is 0 Å². The molecular formula is C18H23NO2. The zero-order chi connectivity index (χ0) is 15.1. The summed E-state index contributed by atoms with van der Waals surface area (Å²) in [5.41, 5.74) is 6.58. The number of aliphatic hydroxyl groups excluding tert-OH is 1. The Balaban J connectivity index is 2.10. The summed E-state index contributed by atoms with van der Waals surface area (Å²) in [5, 5.41) is 10.3. The Kier molecular flexibility index (Phi) is 5.37. The van der Waals surface area contributed by atoms with E-state index < -0.39 is 11.5 Å². The van der Waals surface area contributed by atoms with E-state index in [0.717, 1.165) is 11.3 Å². The SMILES string of the molecule is CC(O)C(CN)(CCOc1ccccc1)c1ccccc1. The first-order chi connectivity index (χ1) is 10.2. The van der Waals surface area contributed by atoms with E-state index in [1.165, 1.54) is 0 Å². The van der Waals surface area contributed by atoms with E-state index >= 15 is 0 Å². The third-order valence-corrected chi connectivity index (χ3v) is 4.07. The molecule has 3 N–H and O–H groups in total. The zero-order valence-corrected chi connectivity index (χ0v) is 12.4. The fourth-order valence-corrected chi connectivity index (χ4v) is 2.62. The van der Waals surface area contributed by atoms with Gasteiger partial charge in [0.05, 0.1) is 12.7 Å². The van der Waals surface area contributed by atoms with E-state index in [-0.39, 0.29) is 0 Å². The van der Waals surface area contributed by atoms with Crippen LogP contribution in [0.15, 0.2) is 60.7 Å². The van der Waals surface area contributed by atoms with E-state index in [2.05, 4.69) is 0 Å². The molecule has 0 aliphatic carbocycles. The average molecular weight is 285 g/mol. The highest BCUT2D eigenvalue weighted by Gasteiger charge is 2.35. The summed E-state index contributed by atoms with van der Waals surface area (Å²) in [5.74, 6) is 0.835. The van der Waals surface area contributed by atoms with Crippen molar-refractivity contribution in [3.63, 3.8) is 0 Å². The van der Waals surface area contributed by atoms with E-state index in [1.54, 1.807) is 6.92 Å². The summed E-state index contributed by atoms with van der Waals surface area (Å²) in [6.45, 7) is 2.69. The average Bonchev–Trinajstić information content (AvgIpc) is 2.53. The first-order valence-corrected chi connectivity index (χ1v) is 7.30. The topological polar surface area (TPSA) is 55.5 Å². The molecule has 0 aliphatic rings. The van der Waals surface area contributed by atoms with E-state index in [4.69, 9.17) is 10.5 Å². The highest BCUT2D eigenvalue weighted by Crippen LogP contribution is 2.31. The van der Waals surface area contributed by atoms with Crippen molar-refractivity contribution in [2.45, 2.75) is 24.9 Å². The Hall–Kier alpha value is -1.84. The van der Waals surface area contributed by atoms with Gasteiger partial charge in [0.15, 0.2) is 0 Å². The van der Waals surface area contributed by atoms with Crippen LogP contribution in [0.2, 0.25) is 0 Å². The van der Waals surface area contributed by atoms with Gasteiger partial charge in [-0.15, -0.1) is 0 Å². The van der Waals surface area contributed by atoms with Gasteiger partial charge in [0, 0.05) is 12.0 Å². The van der Waals surface area contributed by atoms with Crippen LogP contribution >= 0.6 is 0 Å². The van der Waals surface area contributed by atoms with Gasteiger partial charge in [-0.1, -0.05) is 48.5 Å². The smallest absolute Gasteiger partial charge is 0.119 e. The monoisotopic (exact) mass is 285 g/mol. The molecule has 0 aliphatic heterocycles. The molecule has 21 heavy (non-hydrogen) atoms. The predicted molar refractivity (Wildman–Crippen MR) is 85.4 cm³/mol. The lowest BCUT2D eigenvalue weighted by atomic mass is 9.73. The largest absolute Gasteiger partial charge is 0.494 e. The minimum Gasteiger partial charge on any atom is -0.494 e. The number of hydrogen-bond donors (Lipinski definition) is 2. The fourth-order valence-electron chi connectivity index (χ4n) is 2.62. The Bertz CT molecular complexity index is 527. The maximum atomic E-state index is 10.3. The molecule has 2 aromatic carbocycles. The molecule has 2 aromatic rings. The molecule has 0 heterocycles. The molecule has 0 fully saturated rings. The summed E-state index contributed by atoms with van der Waals surface area (Å²) in [7, 11) is 0. The summed E-state index contributed by atoms with van der Waals surface area (Å²) < 4.78 is 5.77. The lowest BCUT2D eigenvalue weighted by Gasteiger charge is -2.36. The number of rotatable bonds is 7. The van der Waals surface area contributed by atoms with Crippen molar-refractivity contribution in [3.05, 3.63) is 66.2 Å². The van der Waals surface area contributed by atoms with Gasteiger partial charge >= 0.3 is 0 Å². The Labute approximate surface area is 126 Å². The molecule has 2 rings (SSSR count). The van der Waals surface area contributed by atoms with Crippen molar-refractivity contribution >= 4 is 0 Å². The number of hydrogen-bond acceptors (Lipinski definition) is 3. The van der Waals surface area contributed by atoms with Crippen LogP contribution in [-0.2, 0) is 5.41 Å². The Morgan fingerprint density at radius 3 is 2.14 bits per heavy atom. The van der Waals surface area contributed by atoms with Crippen molar-refractivity contribution in [3.8, 4) is 5.75 Å². The van der Waals surface area contributed by atoms with Crippen molar-refractivity contribution in [2.75, 3.05) is 13.2 Å². The number of ether oxygens (including phenoxy) is 1. The van der Waals surface area contributed by atoms with Crippen LogP contribution in [0.25, 0.3) is 0 Å². The van der Waals surface area contributed by atoms with Crippen LogP contribution in [0.5, 0.6) is 5.75 Å². The van der Waals surface area contributed by atoms with Crippen LogP contribution in [0, 0.1) is 0 Å². The second kappa shape index (κ2) is 7.25. The lowest BCUT2D eigenvalue weighted by Crippen LogP contribution is -2.45. The first kappa shape index (κ1) is 15.5. The summed E-state index contributed by atoms with van der Waals surface area (Å²) in [6, 6.07) is 19.6. The number of aliphatic hydroxyl groups is 1. The van der Waals surface area contributed by atoms with Gasteiger partial charge < -0.3 is 15.6 Å². The third-order valence-electron chi connectivity index (χ3n) is 4.07. The molecule has 0 amide bonds. The maximum absolute atomic E-state index is 10.3. The fraction of sp³-hybridized carbons (Fsp3) is 0.333. The second-order valence-electron chi connectivity index (χ2n) is 5.31. The molecule has 112 valence electrons. The molecule has 0 saturated heterocycles. The molecular weight excluding hydrogens is 262 g/mol. The maximum Gasteiger partial charge on any atom is 0.119 e. The van der Waals surface area contributed by atoms with Crippen molar-refractivity contribution in [1.82, 2.24) is 0 Å². The van der Waals surface area contributed by atoms with Gasteiger partial charge in [-0.2, -0.15) is 0 Å². The quantitative estimate of drug-likeness (QED) is 0.822. The number of benzene rings is 2. The highest BCUT2D eigenvalue weighted by atomic mass is 16.5. The van der Waals surface area contributed by atoms with E-state index in [9.17, 15) is 5.11 Å². The molecule has 0 aromatic heterocycles. The van der Waals surface area contributed by atoms with Crippen LogP contribution in [0.1, 0.15) is 18.9 Å². The highest BCUT2D eigenvalue weighted by molar-refractivity contribution is 5.28. The van der Waals surface area contributed by atoms with Gasteiger partial charge in [0.2, 0.25) is 0 Å². The summed E-state index contributed by atoms with van der Waals surface area (Å²) in [6.07, 6.45) is 0.129. The molecule has 2 unspecified atom stereocenters. The number of para-hydroxylation sites is 1. The standard InChI is InChI=1S/C18H23NO2/c1-15(20)18(14-19,16-8-4-2-5-9-16)12-13-21-17-10-6-3-7-11-17/h2-11,15,20H,12-14,19H2,1H3. The normalized spacial score (nSPS) is 15.2. The first-order valence-electron chi connectivity index (χ1n) is 7.30. The Morgan fingerprint density at radius 2 is 1.62 bits per heavy atom. The molecule has 0 bridgehead atoms. The summed E-state index contributed by atoms with van der Waals surface area (Å²) >= 11 is 0. The van der Waals surface area contributed by atoms with Crippen molar-refractivity contribution in [2.24, 2.45) is 5.73 Å². The molecule has 0 saturated carbocycles. The molecule has 0 radical (unpaired) electrons. The van der Waals surface area contributed by atoms with Crippen LogP contribution in [0.4, 0.5) is 0 Å². The molecule has 0 spiro atoms. The van der Waals surface area contributed by atoms with Crippen LogP contribution < -0.4 is 10.5 Å². The minimum absolute atomic E-state index is 0.382. The van der Waals surface area contributed by atoms with Crippen molar-refractivity contribution in [1.29, 1.82) is 0 Å². The molecule has 3 heteroatoms. The van der Waals surface area contributed by atoms with E-state index in [1.807, 2.05) is 60.7 Å². The number of nitrogens with two attached hydrogens (primary N) is 1. The second-order valence-corrected chi connectivity index (χ2v) is 5.31. The Morgan fingerprint density at radius 1 is 1.05 bits per heavy atom.